The standard InChI is InChI=1S/C37H53N7O11/c45-30(40-23-11-7-15-27(34(49)50)42-33(25-13-5-9-21-38-25)26-14-6-10-22-39-26)17-3-1-2-4-18-31(46)41-24-12-8-16-28(35(51)52)43-37(55)44-29(36(53)54)19-20-32(47)48/h5-6,9-10,13-14,21-22,27-29,33,42H,1-4,7-8,11-12,15-20,23-24H2,(H,40,45)(H,41,46)(H,47,48)(H,49,50)(H,51,52)(H,53,54)(H2,43,44,55). The van der Waals surface area contributed by atoms with E-state index >= 15 is 0 Å². The maximum atomic E-state index is 12.3. The Morgan fingerprint density at radius 2 is 0.982 bits per heavy atom. The molecule has 18 heteroatoms. The highest BCUT2D eigenvalue weighted by atomic mass is 16.4. The van der Waals surface area contributed by atoms with Gasteiger partial charge in [0.1, 0.15) is 18.1 Å². The van der Waals surface area contributed by atoms with Gasteiger partial charge in [0, 0.05) is 44.7 Å². The van der Waals surface area contributed by atoms with Gasteiger partial charge in [-0.3, -0.25) is 34.5 Å². The molecule has 3 unspecified atom stereocenters. The Morgan fingerprint density at radius 3 is 1.40 bits per heavy atom. The van der Waals surface area contributed by atoms with E-state index in [4.69, 9.17) is 10.2 Å². The van der Waals surface area contributed by atoms with Crippen LogP contribution in [0.5, 0.6) is 0 Å². The summed E-state index contributed by atoms with van der Waals surface area (Å²) in [6, 6.07) is 5.72. The summed E-state index contributed by atoms with van der Waals surface area (Å²) in [6.45, 7) is 0.736. The van der Waals surface area contributed by atoms with Crippen molar-refractivity contribution >= 4 is 41.7 Å². The van der Waals surface area contributed by atoms with Crippen LogP contribution in [0, 0.1) is 0 Å². The molecule has 0 saturated heterocycles. The number of hydrogen-bond acceptors (Lipinski definition) is 10. The van der Waals surface area contributed by atoms with Crippen LogP contribution in [0.1, 0.15) is 107 Å². The second-order valence-electron chi connectivity index (χ2n) is 12.9. The Kier molecular flexibility index (Phi) is 21.7. The molecular formula is C37H53N7O11. The summed E-state index contributed by atoms with van der Waals surface area (Å²) in [5, 5.41) is 50.2. The zero-order valence-electron chi connectivity index (χ0n) is 30.8. The first kappa shape index (κ1) is 45.5. The van der Waals surface area contributed by atoms with Gasteiger partial charge >= 0.3 is 29.9 Å². The molecule has 3 atom stereocenters. The van der Waals surface area contributed by atoms with E-state index in [2.05, 4.69) is 36.6 Å². The molecule has 0 aliphatic carbocycles. The van der Waals surface area contributed by atoms with Gasteiger partial charge in [-0.2, -0.15) is 0 Å². The molecule has 0 fully saturated rings. The van der Waals surface area contributed by atoms with Crippen molar-refractivity contribution in [1.82, 2.24) is 36.6 Å². The van der Waals surface area contributed by atoms with Gasteiger partial charge in [0.05, 0.1) is 17.4 Å². The van der Waals surface area contributed by atoms with Crippen LogP contribution >= 0.6 is 0 Å². The van der Waals surface area contributed by atoms with Crippen LogP contribution in [0.2, 0.25) is 0 Å². The molecule has 0 aromatic carbocycles. The van der Waals surface area contributed by atoms with E-state index in [0.717, 1.165) is 12.8 Å². The van der Waals surface area contributed by atoms with Crippen molar-refractivity contribution in [2.24, 2.45) is 0 Å². The highest BCUT2D eigenvalue weighted by Gasteiger charge is 2.26. The lowest BCUT2D eigenvalue weighted by molar-refractivity contribution is -0.141. The van der Waals surface area contributed by atoms with E-state index in [9.17, 15) is 43.8 Å². The van der Waals surface area contributed by atoms with Crippen molar-refractivity contribution in [2.75, 3.05) is 13.1 Å². The first-order chi connectivity index (χ1) is 26.4. The van der Waals surface area contributed by atoms with Crippen LogP contribution in [0.4, 0.5) is 4.79 Å². The second-order valence-corrected chi connectivity index (χ2v) is 12.9. The van der Waals surface area contributed by atoms with Crippen molar-refractivity contribution in [2.45, 2.75) is 114 Å². The molecule has 2 rings (SSSR count). The molecule has 9 N–H and O–H groups in total. The highest BCUT2D eigenvalue weighted by molar-refractivity contribution is 5.86. The number of carboxylic acids is 4. The van der Waals surface area contributed by atoms with E-state index in [1.807, 2.05) is 24.3 Å². The number of pyridine rings is 2. The molecule has 0 radical (unpaired) electrons. The average Bonchev–Trinajstić information content (AvgIpc) is 3.15. The molecule has 0 aliphatic rings. The summed E-state index contributed by atoms with van der Waals surface area (Å²) < 4.78 is 0. The molecule has 2 aromatic heterocycles. The van der Waals surface area contributed by atoms with Crippen LogP contribution in [0.3, 0.4) is 0 Å². The number of aromatic nitrogens is 2. The van der Waals surface area contributed by atoms with Crippen LogP contribution in [-0.4, -0.2) is 103 Å². The number of urea groups is 1. The van der Waals surface area contributed by atoms with Gasteiger partial charge in [0.25, 0.3) is 0 Å². The lowest BCUT2D eigenvalue weighted by atomic mass is 10.0. The molecule has 2 aromatic rings. The van der Waals surface area contributed by atoms with Gasteiger partial charge in [-0.15, -0.1) is 0 Å². The average molecular weight is 772 g/mol. The molecule has 0 aliphatic heterocycles. The molecule has 302 valence electrons. The van der Waals surface area contributed by atoms with Crippen LogP contribution in [0.25, 0.3) is 0 Å². The Morgan fingerprint density at radius 1 is 0.527 bits per heavy atom. The zero-order chi connectivity index (χ0) is 40.4. The fourth-order valence-corrected chi connectivity index (χ4v) is 5.54. The number of carbonyl (C=O) groups excluding carboxylic acids is 3. The van der Waals surface area contributed by atoms with E-state index in [1.165, 1.54) is 0 Å². The Balaban J connectivity index is 1.54. The Bertz CT molecular complexity index is 1480. The predicted octanol–water partition coefficient (Wildman–Crippen LogP) is 2.59. The zero-order valence-corrected chi connectivity index (χ0v) is 30.8. The van der Waals surface area contributed by atoms with Gasteiger partial charge in [0.2, 0.25) is 11.8 Å². The monoisotopic (exact) mass is 771 g/mol. The fraction of sp³-hybridized carbons (Fsp3) is 0.541. The van der Waals surface area contributed by atoms with Gasteiger partial charge in [0.15, 0.2) is 0 Å². The summed E-state index contributed by atoms with van der Waals surface area (Å²) in [5.41, 5.74) is 1.33. The molecule has 0 spiro atoms. The molecule has 0 bridgehead atoms. The maximum absolute atomic E-state index is 12.3. The van der Waals surface area contributed by atoms with E-state index in [1.54, 1.807) is 24.5 Å². The van der Waals surface area contributed by atoms with E-state index in [-0.39, 0.29) is 24.7 Å². The van der Waals surface area contributed by atoms with Crippen molar-refractivity contribution in [3.05, 3.63) is 60.2 Å². The third-order valence-corrected chi connectivity index (χ3v) is 8.53. The number of rotatable bonds is 29. The minimum atomic E-state index is -1.49. The number of aliphatic carboxylic acids is 4. The summed E-state index contributed by atoms with van der Waals surface area (Å²) >= 11 is 0. The van der Waals surface area contributed by atoms with Crippen LogP contribution in [-0.2, 0) is 28.8 Å². The van der Waals surface area contributed by atoms with Gasteiger partial charge in [-0.1, -0.05) is 25.0 Å². The highest BCUT2D eigenvalue weighted by Crippen LogP contribution is 2.20. The number of nitrogens with zero attached hydrogens (tertiary/aromatic N) is 2. The summed E-state index contributed by atoms with van der Waals surface area (Å²) in [6.07, 6.45) is 8.29. The van der Waals surface area contributed by atoms with Crippen LogP contribution in [0.15, 0.2) is 48.8 Å². The van der Waals surface area contributed by atoms with Crippen molar-refractivity contribution < 1.29 is 54.0 Å². The number of amides is 4. The molecule has 18 nitrogen and oxygen atoms in total. The van der Waals surface area contributed by atoms with Gasteiger partial charge < -0.3 is 41.7 Å². The number of hydrogen-bond donors (Lipinski definition) is 9. The third kappa shape index (κ3) is 19.8. The molecule has 55 heavy (non-hydrogen) atoms. The van der Waals surface area contributed by atoms with Crippen LogP contribution < -0.4 is 26.6 Å². The quantitative estimate of drug-likeness (QED) is 0.0538. The largest absolute Gasteiger partial charge is 0.481 e. The lowest BCUT2D eigenvalue weighted by Crippen LogP contribution is -2.51. The summed E-state index contributed by atoms with van der Waals surface area (Å²) in [5.74, 6) is -5.23. The van der Waals surface area contributed by atoms with Gasteiger partial charge in [-0.05, 0) is 82.1 Å². The normalized spacial score (nSPS) is 12.5. The number of carboxylic acid groups (broad SMARTS) is 4. The van der Waals surface area contributed by atoms with E-state index in [0.29, 0.717) is 82.3 Å². The Hall–Kier alpha value is -5.65. The molecule has 0 saturated carbocycles. The minimum absolute atomic E-state index is 0.0304. The third-order valence-electron chi connectivity index (χ3n) is 8.53. The lowest BCUT2D eigenvalue weighted by Gasteiger charge is -2.23. The van der Waals surface area contributed by atoms with E-state index < -0.39 is 60.5 Å². The van der Waals surface area contributed by atoms with Crippen molar-refractivity contribution in [3.8, 4) is 0 Å². The predicted molar refractivity (Wildman–Crippen MR) is 198 cm³/mol. The van der Waals surface area contributed by atoms with Gasteiger partial charge in [-0.25, -0.2) is 14.4 Å². The summed E-state index contributed by atoms with van der Waals surface area (Å²) in [7, 11) is 0. The Labute approximate surface area is 319 Å². The first-order valence-corrected chi connectivity index (χ1v) is 18.5. The fourth-order valence-electron chi connectivity index (χ4n) is 5.54. The topological polar surface area (TPSA) is 286 Å². The smallest absolute Gasteiger partial charge is 0.326 e. The number of unbranched alkanes of at least 4 members (excludes halogenated alkanes) is 5. The van der Waals surface area contributed by atoms with Crippen molar-refractivity contribution in [1.29, 1.82) is 0 Å². The molecular weight excluding hydrogens is 718 g/mol. The van der Waals surface area contributed by atoms with Crippen molar-refractivity contribution in [3.63, 3.8) is 0 Å². The second kappa shape index (κ2) is 26.2. The molecule has 2 heterocycles. The number of carbonyl (C=O) groups is 7. The minimum Gasteiger partial charge on any atom is -0.481 e. The molecule has 4 amide bonds. The first-order valence-electron chi connectivity index (χ1n) is 18.5. The SMILES string of the molecule is O=C(O)CCC(NC(=O)NC(CCCCNC(=O)CCCCCCC(=O)NCCCCC(NC(c1ccccn1)c1ccccn1)C(=O)O)C(=O)O)C(=O)O. The number of nitrogens with one attached hydrogen (secondary N) is 5. The summed E-state index contributed by atoms with van der Waals surface area (Å²) in [4.78, 5) is 90.8. The maximum Gasteiger partial charge on any atom is 0.326 e.